The Morgan fingerprint density at radius 1 is 1.28 bits per heavy atom. The molecular weight excluding hydrogens is 226 g/mol. The van der Waals surface area contributed by atoms with Crippen molar-refractivity contribution in [2.75, 3.05) is 5.73 Å². The molecule has 0 saturated heterocycles. The minimum atomic E-state index is 0.251. The lowest BCUT2D eigenvalue weighted by atomic mass is 9.70. The highest BCUT2D eigenvalue weighted by Gasteiger charge is 2.62. The third-order valence-corrected chi connectivity index (χ3v) is 5.63. The Balaban J connectivity index is 1.81. The number of nitrogens with two attached hydrogens (primary N) is 1. The SMILES string of the molecule is CC1(C)C2CCC1(C)C(Oc1cnc(N)cn1)C2. The molecule has 0 amide bonds. The lowest BCUT2D eigenvalue weighted by Gasteiger charge is -2.38. The lowest BCUT2D eigenvalue weighted by Crippen LogP contribution is -2.39. The van der Waals surface area contributed by atoms with Crippen LogP contribution in [0.15, 0.2) is 12.4 Å². The molecule has 98 valence electrons. The summed E-state index contributed by atoms with van der Waals surface area (Å²) in [4.78, 5) is 8.23. The van der Waals surface area contributed by atoms with E-state index in [0.29, 0.717) is 17.1 Å². The fraction of sp³-hybridized carbons (Fsp3) is 0.714. The van der Waals surface area contributed by atoms with E-state index in [1.54, 1.807) is 12.4 Å². The molecule has 2 fully saturated rings. The van der Waals surface area contributed by atoms with Crippen LogP contribution in [0.1, 0.15) is 40.0 Å². The summed E-state index contributed by atoms with van der Waals surface area (Å²) in [6, 6.07) is 0. The fourth-order valence-corrected chi connectivity index (χ4v) is 3.84. The van der Waals surface area contributed by atoms with E-state index in [1.165, 1.54) is 12.8 Å². The van der Waals surface area contributed by atoms with Crippen LogP contribution in [0.3, 0.4) is 0 Å². The molecule has 0 aromatic carbocycles. The van der Waals surface area contributed by atoms with Crippen LogP contribution >= 0.6 is 0 Å². The molecule has 4 heteroatoms. The maximum Gasteiger partial charge on any atom is 0.232 e. The lowest BCUT2D eigenvalue weighted by molar-refractivity contribution is 0.0271. The number of fused-ring (bicyclic) bond motifs is 2. The molecule has 2 aliphatic rings. The molecule has 3 unspecified atom stereocenters. The van der Waals surface area contributed by atoms with E-state index in [4.69, 9.17) is 10.5 Å². The molecule has 2 N–H and O–H groups in total. The third-order valence-electron chi connectivity index (χ3n) is 5.63. The molecule has 0 spiro atoms. The summed E-state index contributed by atoms with van der Waals surface area (Å²) in [5, 5.41) is 0. The minimum Gasteiger partial charge on any atom is -0.473 e. The normalized spacial score (nSPS) is 36.8. The smallest absolute Gasteiger partial charge is 0.232 e. The van der Waals surface area contributed by atoms with Crippen molar-refractivity contribution < 1.29 is 4.74 Å². The topological polar surface area (TPSA) is 61.0 Å². The van der Waals surface area contributed by atoms with Crippen LogP contribution in [0.2, 0.25) is 0 Å². The van der Waals surface area contributed by atoms with E-state index in [-0.39, 0.29) is 11.5 Å². The standard InChI is InChI=1S/C14H21N3O/c1-13(2)9-4-5-14(13,3)10(6-9)18-12-8-16-11(15)7-17-12/h7-10H,4-6H2,1-3H3,(H2,15,16). The average molecular weight is 247 g/mol. The number of anilines is 1. The van der Waals surface area contributed by atoms with Gasteiger partial charge in [-0.05, 0) is 30.6 Å². The van der Waals surface area contributed by atoms with Gasteiger partial charge in [-0.1, -0.05) is 20.8 Å². The monoisotopic (exact) mass is 247 g/mol. The minimum absolute atomic E-state index is 0.251. The van der Waals surface area contributed by atoms with Gasteiger partial charge in [-0.15, -0.1) is 0 Å². The second-order valence-corrected chi connectivity index (χ2v) is 6.50. The van der Waals surface area contributed by atoms with Crippen LogP contribution in [0, 0.1) is 16.7 Å². The van der Waals surface area contributed by atoms with Crippen LogP contribution in [-0.4, -0.2) is 16.1 Å². The van der Waals surface area contributed by atoms with Gasteiger partial charge in [-0.25, -0.2) is 9.97 Å². The van der Waals surface area contributed by atoms with Gasteiger partial charge in [0.05, 0.1) is 12.4 Å². The summed E-state index contributed by atoms with van der Waals surface area (Å²) < 4.78 is 6.07. The Kier molecular flexibility index (Phi) is 2.34. The average Bonchev–Trinajstić information content (AvgIpc) is 2.65. The molecule has 0 aliphatic heterocycles. The highest BCUT2D eigenvalue weighted by molar-refractivity contribution is 5.25. The molecule has 3 atom stereocenters. The Labute approximate surface area is 108 Å². The van der Waals surface area contributed by atoms with Gasteiger partial charge in [0.1, 0.15) is 11.9 Å². The van der Waals surface area contributed by atoms with Crippen LogP contribution < -0.4 is 10.5 Å². The number of nitrogen functional groups attached to an aromatic ring is 1. The van der Waals surface area contributed by atoms with Gasteiger partial charge < -0.3 is 10.5 Å². The number of nitrogens with zero attached hydrogens (tertiary/aromatic N) is 2. The molecule has 2 bridgehead atoms. The van der Waals surface area contributed by atoms with Gasteiger partial charge in [0.2, 0.25) is 5.88 Å². The fourth-order valence-electron chi connectivity index (χ4n) is 3.84. The molecule has 3 rings (SSSR count). The Bertz CT molecular complexity index is 457. The number of aromatic nitrogens is 2. The summed E-state index contributed by atoms with van der Waals surface area (Å²) in [5.74, 6) is 1.80. The Morgan fingerprint density at radius 3 is 2.56 bits per heavy atom. The Hall–Kier alpha value is -1.32. The maximum absolute atomic E-state index is 6.07. The molecule has 2 saturated carbocycles. The highest BCUT2D eigenvalue weighted by atomic mass is 16.5. The number of ether oxygens (including phenoxy) is 1. The first-order valence-corrected chi connectivity index (χ1v) is 6.68. The number of rotatable bonds is 2. The van der Waals surface area contributed by atoms with E-state index in [1.807, 2.05) is 0 Å². The summed E-state index contributed by atoms with van der Waals surface area (Å²) >= 11 is 0. The van der Waals surface area contributed by atoms with Gasteiger partial charge in [0, 0.05) is 5.41 Å². The first-order chi connectivity index (χ1) is 8.43. The van der Waals surface area contributed by atoms with Crippen LogP contribution in [-0.2, 0) is 0 Å². The zero-order valence-electron chi connectivity index (χ0n) is 11.3. The van der Waals surface area contributed by atoms with Crippen LogP contribution in [0.25, 0.3) is 0 Å². The molecule has 18 heavy (non-hydrogen) atoms. The van der Waals surface area contributed by atoms with Crippen molar-refractivity contribution in [1.82, 2.24) is 9.97 Å². The molecule has 4 nitrogen and oxygen atoms in total. The maximum atomic E-state index is 6.07. The van der Waals surface area contributed by atoms with Gasteiger partial charge in [0.15, 0.2) is 0 Å². The van der Waals surface area contributed by atoms with Crippen molar-refractivity contribution in [3.8, 4) is 5.88 Å². The van der Waals surface area contributed by atoms with Crippen LogP contribution in [0.5, 0.6) is 5.88 Å². The van der Waals surface area contributed by atoms with E-state index in [2.05, 4.69) is 30.7 Å². The molecule has 2 aliphatic carbocycles. The number of hydrogen-bond acceptors (Lipinski definition) is 4. The predicted octanol–water partition coefficient (Wildman–Crippen LogP) is 2.65. The molecule has 1 aromatic heterocycles. The zero-order valence-corrected chi connectivity index (χ0v) is 11.3. The second kappa shape index (κ2) is 3.59. The van der Waals surface area contributed by atoms with Gasteiger partial charge in [-0.3, -0.25) is 0 Å². The molecule has 0 radical (unpaired) electrons. The highest BCUT2D eigenvalue weighted by Crippen LogP contribution is 2.66. The molecule has 1 heterocycles. The molecule has 1 aromatic rings. The van der Waals surface area contributed by atoms with E-state index >= 15 is 0 Å². The predicted molar refractivity (Wildman–Crippen MR) is 70.1 cm³/mol. The Morgan fingerprint density at radius 2 is 2.06 bits per heavy atom. The first kappa shape index (κ1) is 11.8. The van der Waals surface area contributed by atoms with Crippen molar-refractivity contribution in [2.45, 2.75) is 46.1 Å². The third kappa shape index (κ3) is 1.44. The van der Waals surface area contributed by atoms with Crippen molar-refractivity contribution >= 4 is 5.82 Å². The summed E-state index contributed by atoms with van der Waals surface area (Å²) in [6.07, 6.45) is 7.14. The zero-order chi connectivity index (χ0) is 13.0. The number of hydrogen-bond donors (Lipinski definition) is 1. The second-order valence-electron chi connectivity index (χ2n) is 6.50. The summed E-state index contributed by atoms with van der Waals surface area (Å²) in [5.41, 5.74) is 6.15. The van der Waals surface area contributed by atoms with Crippen molar-refractivity contribution in [1.29, 1.82) is 0 Å². The van der Waals surface area contributed by atoms with Gasteiger partial charge in [-0.2, -0.15) is 0 Å². The molecular formula is C14H21N3O. The van der Waals surface area contributed by atoms with Crippen molar-refractivity contribution in [3.63, 3.8) is 0 Å². The van der Waals surface area contributed by atoms with E-state index in [0.717, 1.165) is 12.3 Å². The van der Waals surface area contributed by atoms with E-state index < -0.39 is 0 Å². The van der Waals surface area contributed by atoms with Crippen molar-refractivity contribution in [3.05, 3.63) is 12.4 Å². The van der Waals surface area contributed by atoms with Crippen LogP contribution in [0.4, 0.5) is 5.82 Å². The summed E-state index contributed by atoms with van der Waals surface area (Å²) in [7, 11) is 0. The largest absolute Gasteiger partial charge is 0.473 e. The quantitative estimate of drug-likeness (QED) is 0.872. The van der Waals surface area contributed by atoms with Crippen molar-refractivity contribution in [2.24, 2.45) is 16.7 Å². The summed E-state index contributed by atoms with van der Waals surface area (Å²) in [6.45, 7) is 7.11. The van der Waals surface area contributed by atoms with Gasteiger partial charge in [0.25, 0.3) is 0 Å². The first-order valence-electron chi connectivity index (χ1n) is 6.68. The van der Waals surface area contributed by atoms with Gasteiger partial charge >= 0.3 is 0 Å². The van der Waals surface area contributed by atoms with E-state index in [9.17, 15) is 0 Å².